The summed E-state index contributed by atoms with van der Waals surface area (Å²) in [6.07, 6.45) is 5.32. The Morgan fingerprint density at radius 3 is 2.81 bits per heavy atom. The van der Waals surface area contributed by atoms with Crippen LogP contribution in [0.4, 0.5) is 5.95 Å². The van der Waals surface area contributed by atoms with E-state index in [0.29, 0.717) is 0 Å². The van der Waals surface area contributed by atoms with Crippen molar-refractivity contribution < 1.29 is 4.42 Å². The van der Waals surface area contributed by atoms with Gasteiger partial charge < -0.3 is 9.73 Å². The summed E-state index contributed by atoms with van der Waals surface area (Å²) in [6.45, 7) is 2.08. The van der Waals surface area contributed by atoms with E-state index in [0.717, 1.165) is 23.0 Å². The minimum atomic E-state index is -0.0879. The Hall–Kier alpha value is -2.82. The van der Waals surface area contributed by atoms with E-state index in [4.69, 9.17) is 4.42 Å². The molecule has 1 aromatic carbocycles. The summed E-state index contributed by atoms with van der Waals surface area (Å²) in [7, 11) is 0. The van der Waals surface area contributed by atoms with Crippen LogP contribution >= 0.6 is 0 Å². The molecule has 1 atom stereocenters. The number of rotatable bonds is 2. The fourth-order valence-electron chi connectivity index (χ4n) is 2.50. The molecule has 0 radical (unpaired) electrons. The summed E-state index contributed by atoms with van der Waals surface area (Å²) in [5.41, 5.74) is 3.37. The van der Waals surface area contributed by atoms with Crippen molar-refractivity contribution in [3.8, 4) is 0 Å². The second-order valence-corrected chi connectivity index (χ2v) is 5.06. The lowest BCUT2D eigenvalue weighted by Crippen LogP contribution is -2.19. The van der Waals surface area contributed by atoms with Gasteiger partial charge in [0.2, 0.25) is 5.95 Å². The van der Waals surface area contributed by atoms with E-state index in [2.05, 4.69) is 52.7 Å². The summed E-state index contributed by atoms with van der Waals surface area (Å²) in [4.78, 5) is 4.27. The molecule has 1 N–H and O–H groups in total. The number of aryl methyl sites for hydroxylation is 1. The third-order valence-corrected chi connectivity index (χ3v) is 3.60. The molecule has 0 unspecified atom stereocenters. The smallest absolute Gasteiger partial charge is 0.226 e. The second kappa shape index (κ2) is 4.63. The molecular weight excluding hydrogens is 264 g/mol. The molecule has 5 heteroatoms. The lowest BCUT2D eigenvalue weighted by atomic mass is 10.1. The van der Waals surface area contributed by atoms with Crippen LogP contribution in [0.2, 0.25) is 0 Å². The second-order valence-electron chi connectivity index (χ2n) is 5.06. The van der Waals surface area contributed by atoms with Gasteiger partial charge >= 0.3 is 0 Å². The monoisotopic (exact) mass is 278 g/mol. The van der Waals surface area contributed by atoms with Crippen LogP contribution in [-0.4, -0.2) is 14.8 Å². The average molecular weight is 278 g/mol. The molecule has 0 saturated carbocycles. The molecule has 0 aliphatic carbocycles. The van der Waals surface area contributed by atoms with Gasteiger partial charge in [0.25, 0.3) is 0 Å². The molecule has 0 bridgehead atoms. The van der Waals surface area contributed by atoms with E-state index in [1.54, 1.807) is 12.6 Å². The van der Waals surface area contributed by atoms with Crippen LogP contribution in [0.1, 0.15) is 22.9 Å². The van der Waals surface area contributed by atoms with E-state index >= 15 is 0 Å². The number of furan rings is 1. The van der Waals surface area contributed by atoms with E-state index in [9.17, 15) is 0 Å². The topological polar surface area (TPSA) is 55.9 Å². The minimum absolute atomic E-state index is 0.0879. The van der Waals surface area contributed by atoms with Gasteiger partial charge in [-0.25, -0.2) is 4.68 Å². The minimum Gasteiger partial charge on any atom is -0.467 e. The number of nitrogens with one attached hydrogen (secondary N) is 1. The van der Waals surface area contributed by atoms with Crippen LogP contribution in [0.3, 0.4) is 0 Å². The molecule has 1 aliphatic heterocycles. The van der Waals surface area contributed by atoms with Crippen molar-refractivity contribution in [1.82, 2.24) is 14.8 Å². The quantitative estimate of drug-likeness (QED) is 0.782. The number of nitrogens with zero attached hydrogens (tertiary/aromatic N) is 3. The molecule has 104 valence electrons. The van der Waals surface area contributed by atoms with Gasteiger partial charge in [-0.2, -0.15) is 10.1 Å². The van der Waals surface area contributed by atoms with Crippen molar-refractivity contribution in [3.63, 3.8) is 0 Å². The Morgan fingerprint density at radius 1 is 1.19 bits per heavy atom. The first-order chi connectivity index (χ1) is 10.3. The van der Waals surface area contributed by atoms with Gasteiger partial charge in [0.1, 0.15) is 18.1 Å². The fourth-order valence-corrected chi connectivity index (χ4v) is 2.50. The summed E-state index contributed by atoms with van der Waals surface area (Å²) in [6, 6.07) is 12.1. The van der Waals surface area contributed by atoms with Gasteiger partial charge in [-0.3, -0.25) is 0 Å². The van der Waals surface area contributed by atoms with Crippen molar-refractivity contribution in [2.75, 3.05) is 5.32 Å². The zero-order valence-electron chi connectivity index (χ0n) is 11.5. The van der Waals surface area contributed by atoms with Gasteiger partial charge in [-0.05, 0) is 30.7 Å². The van der Waals surface area contributed by atoms with E-state index in [-0.39, 0.29) is 6.04 Å². The average Bonchev–Trinajstić information content (AvgIpc) is 3.18. The van der Waals surface area contributed by atoms with Crippen LogP contribution in [0.15, 0.2) is 59.5 Å². The highest BCUT2D eigenvalue weighted by Gasteiger charge is 2.24. The molecule has 5 nitrogen and oxygen atoms in total. The number of hydrogen-bond donors (Lipinski definition) is 1. The van der Waals surface area contributed by atoms with Gasteiger partial charge in [-0.15, -0.1) is 0 Å². The summed E-state index contributed by atoms with van der Waals surface area (Å²) >= 11 is 0. The zero-order chi connectivity index (χ0) is 14.2. The summed E-state index contributed by atoms with van der Waals surface area (Å²) < 4.78 is 7.36. The third kappa shape index (κ3) is 2.03. The highest BCUT2D eigenvalue weighted by molar-refractivity contribution is 5.76. The lowest BCUT2D eigenvalue weighted by Gasteiger charge is -2.22. The molecule has 0 amide bonds. The Morgan fingerprint density at radius 2 is 2.05 bits per heavy atom. The van der Waals surface area contributed by atoms with Crippen LogP contribution in [-0.2, 0) is 0 Å². The summed E-state index contributed by atoms with van der Waals surface area (Å²) in [5, 5.41) is 7.59. The number of benzene rings is 1. The van der Waals surface area contributed by atoms with Crippen LogP contribution in [0.25, 0.3) is 5.70 Å². The number of aromatic nitrogens is 3. The maximum absolute atomic E-state index is 5.54. The number of hydrogen-bond acceptors (Lipinski definition) is 4. The highest BCUT2D eigenvalue weighted by Crippen LogP contribution is 2.31. The molecule has 0 saturated heterocycles. The van der Waals surface area contributed by atoms with Crippen LogP contribution in [0, 0.1) is 6.92 Å². The molecule has 2 aromatic heterocycles. The van der Waals surface area contributed by atoms with Gasteiger partial charge in [0.05, 0.1) is 6.26 Å². The van der Waals surface area contributed by atoms with E-state index in [1.807, 2.05) is 16.8 Å². The van der Waals surface area contributed by atoms with Crippen molar-refractivity contribution in [2.45, 2.75) is 13.0 Å². The fraction of sp³-hybridized carbons (Fsp3) is 0.125. The molecule has 3 aromatic rings. The van der Waals surface area contributed by atoms with Crippen molar-refractivity contribution >= 4 is 11.6 Å². The summed E-state index contributed by atoms with van der Waals surface area (Å²) in [5.74, 6) is 1.56. The normalized spacial score (nSPS) is 17.0. The number of allylic oxidation sites excluding steroid dienone is 1. The van der Waals surface area contributed by atoms with Gasteiger partial charge in [0, 0.05) is 5.70 Å². The highest BCUT2D eigenvalue weighted by atomic mass is 16.3. The number of fused-ring (bicyclic) bond motifs is 1. The van der Waals surface area contributed by atoms with Crippen LogP contribution < -0.4 is 5.32 Å². The maximum Gasteiger partial charge on any atom is 0.226 e. The van der Waals surface area contributed by atoms with E-state index in [1.165, 1.54) is 5.56 Å². The Kier molecular flexibility index (Phi) is 2.64. The third-order valence-electron chi connectivity index (χ3n) is 3.60. The Labute approximate surface area is 121 Å². The number of anilines is 1. The molecule has 0 fully saturated rings. The zero-order valence-corrected chi connectivity index (χ0v) is 11.5. The molecular formula is C16H14N4O. The first kappa shape index (κ1) is 12.0. The van der Waals surface area contributed by atoms with Gasteiger partial charge in [-0.1, -0.05) is 29.8 Å². The standard InChI is InChI=1S/C16H14N4O/c1-11-4-6-12(7-5-11)13-9-14(15-3-2-8-21-15)20-16(19-13)17-10-18-20/h2-10,14H,1H3,(H,17,18,19)/t14-/m0/s1. The first-order valence-corrected chi connectivity index (χ1v) is 6.80. The predicted molar refractivity (Wildman–Crippen MR) is 79.6 cm³/mol. The van der Waals surface area contributed by atoms with Gasteiger partial charge in [0.15, 0.2) is 0 Å². The van der Waals surface area contributed by atoms with Crippen molar-refractivity contribution in [2.24, 2.45) is 0 Å². The molecule has 1 aliphatic rings. The largest absolute Gasteiger partial charge is 0.467 e. The molecule has 0 spiro atoms. The maximum atomic E-state index is 5.54. The first-order valence-electron chi connectivity index (χ1n) is 6.80. The lowest BCUT2D eigenvalue weighted by molar-refractivity contribution is 0.448. The van der Waals surface area contributed by atoms with E-state index < -0.39 is 0 Å². The Balaban J connectivity index is 1.80. The van der Waals surface area contributed by atoms with Crippen molar-refractivity contribution in [3.05, 3.63) is 72.0 Å². The van der Waals surface area contributed by atoms with Crippen LogP contribution in [0.5, 0.6) is 0 Å². The van der Waals surface area contributed by atoms with Crippen molar-refractivity contribution in [1.29, 1.82) is 0 Å². The molecule has 21 heavy (non-hydrogen) atoms. The Bertz CT molecular complexity index is 784. The molecule has 4 rings (SSSR count). The molecule has 3 heterocycles. The SMILES string of the molecule is Cc1ccc(C2=C[C@@H](c3ccco3)n3ncnc3N2)cc1. The predicted octanol–water partition coefficient (Wildman–Crippen LogP) is 3.24.